The molecule has 3 heteroatoms. The van der Waals surface area contributed by atoms with Crippen molar-refractivity contribution in [3.8, 4) is 0 Å². The lowest BCUT2D eigenvalue weighted by molar-refractivity contribution is 0.0483. The van der Waals surface area contributed by atoms with Crippen LogP contribution in [-0.2, 0) is 11.3 Å². The fraction of sp³-hybridized carbons (Fsp3) is 0.700. The topological polar surface area (TPSA) is 27.1 Å². The molecule has 1 heterocycles. The zero-order valence-corrected chi connectivity index (χ0v) is 8.82. The Labute approximate surface area is 79.7 Å². The van der Waals surface area contributed by atoms with Gasteiger partial charge in [0, 0.05) is 13.3 Å². The molecule has 0 N–H and O–H groups in total. The van der Waals surface area contributed by atoms with E-state index in [0.29, 0.717) is 5.92 Å². The molecule has 0 saturated carbocycles. The molecule has 0 aliphatic carbocycles. The van der Waals surface area contributed by atoms with E-state index in [2.05, 4.69) is 18.9 Å². The van der Waals surface area contributed by atoms with Crippen molar-refractivity contribution in [2.24, 2.45) is 5.92 Å². The number of hydrogen-bond donors (Lipinski definition) is 0. The molecule has 13 heavy (non-hydrogen) atoms. The summed E-state index contributed by atoms with van der Waals surface area (Å²) in [5, 5.41) is 4.22. The van der Waals surface area contributed by atoms with Gasteiger partial charge in [0.1, 0.15) is 0 Å². The molecule has 0 spiro atoms. The average molecular weight is 182 g/mol. The highest BCUT2D eigenvalue weighted by Crippen LogP contribution is 2.08. The van der Waals surface area contributed by atoms with Gasteiger partial charge in [-0.05, 0) is 18.4 Å². The second kappa shape index (κ2) is 4.42. The summed E-state index contributed by atoms with van der Waals surface area (Å²) in [5.74, 6) is 0.523. The van der Waals surface area contributed by atoms with E-state index in [4.69, 9.17) is 4.74 Å². The predicted octanol–water partition coefficient (Wildman–Crippen LogP) is 1.86. The lowest BCUT2D eigenvalue weighted by Gasteiger charge is -2.18. The maximum atomic E-state index is 5.36. The normalized spacial score (nSPS) is 13.6. The van der Waals surface area contributed by atoms with E-state index >= 15 is 0 Å². The molecule has 1 aromatic heterocycles. The smallest absolute Gasteiger partial charge is 0.0789 e. The standard InChI is InChI=1S/C10H18N2O/c1-8(2)10(13-4)7-12-6-9(3)5-11-12/h5-6,8,10H,7H2,1-4H3. The van der Waals surface area contributed by atoms with Crippen molar-refractivity contribution < 1.29 is 4.74 Å². The largest absolute Gasteiger partial charge is 0.379 e. The van der Waals surface area contributed by atoms with Crippen molar-refractivity contribution in [1.29, 1.82) is 0 Å². The summed E-state index contributed by atoms with van der Waals surface area (Å²) in [7, 11) is 1.75. The molecule has 0 fully saturated rings. The van der Waals surface area contributed by atoms with Crippen LogP contribution in [0.25, 0.3) is 0 Å². The lowest BCUT2D eigenvalue weighted by Crippen LogP contribution is -2.24. The molecule has 3 nitrogen and oxygen atoms in total. The maximum Gasteiger partial charge on any atom is 0.0789 e. The number of methoxy groups -OCH3 is 1. The van der Waals surface area contributed by atoms with Gasteiger partial charge in [-0.1, -0.05) is 13.8 Å². The maximum absolute atomic E-state index is 5.36. The minimum atomic E-state index is 0.249. The molecular weight excluding hydrogens is 164 g/mol. The molecule has 1 rings (SSSR count). The van der Waals surface area contributed by atoms with Crippen LogP contribution in [0, 0.1) is 12.8 Å². The van der Waals surface area contributed by atoms with Crippen LogP contribution < -0.4 is 0 Å². The molecular formula is C10H18N2O. The van der Waals surface area contributed by atoms with Gasteiger partial charge >= 0.3 is 0 Å². The molecule has 0 aromatic carbocycles. The van der Waals surface area contributed by atoms with Gasteiger partial charge in [0.05, 0.1) is 18.8 Å². The van der Waals surface area contributed by atoms with Gasteiger partial charge in [-0.3, -0.25) is 4.68 Å². The number of aryl methyl sites for hydroxylation is 1. The van der Waals surface area contributed by atoms with E-state index in [0.717, 1.165) is 6.54 Å². The van der Waals surface area contributed by atoms with Gasteiger partial charge in [0.25, 0.3) is 0 Å². The fourth-order valence-corrected chi connectivity index (χ4v) is 1.31. The van der Waals surface area contributed by atoms with Gasteiger partial charge in [0.15, 0.2) is 0 Å². The number of nitrogens with zero attached hydrogens (tertiary/aromatic N) is 2. The summed E-state index contributed by atoms with van der Waals surface area (Å²) in [4.78, 5) is 0. The Hall–Kier alpha value is -0.830. The minimum absolute atomic E-state index is 0.249. The Kier molecular flexibility index (Phi) is 3.48. The first-order valence-electron chi connectivity index (χ1n) is 4.65. The summed E-state index contributed by atoms with van der Waals surface area (Å²) in [6.07, 6.45) is 4.15. The third kappa shape index (κ3) is 2.84. The van der Waals surface area contributed by atoms with Gasteiger partial charge < -0.3 is 4.74 Å². The van der Waals surface area contributed by atoms with E-state index in [9.17, 15) is 0 Å². The van der Waals surface area contributed by atoms with E-state index in [1.54, 1.807) is 7.11 Å². The van der Waals surface area contributed by atoms with Crippen LogP contribution in [0.4, 0.5) is 0 Å². The number of aromatic nitrogens is 2. The summed E-state index contributed by atoms with van der Waals surface area (Å²) in [6, 6.07) is 0. The fourth-order valence-electron chi connectivity index (χ4n) is 1.31. The van der Waals surface area contributed by atoms with Crippen LogP contribution in [0.2, 0.25) is 0 Å². The summed E-state index contributed by atoms with van der Waals surface area (Å²) >= 11 is 0. The van der Waals surface area contributed by atoms with E-state index in [-0.39, 0.29) is 6.10 Å². The molecule has 0 saturated heterocycles. The van der Waals surface area contributed by atoms with Crippen molar-refractivity contribution in [2.45, 2.75) is 33.4 Å². The van der Waals surface area contributed by atoms with Crippen molar-refractivity contribution in [1.82, 2.24) is 9.78 Å². The van der Waals surface area contributed by atoms with Crippen molar-refractivity contribution >= 4 is 0 Å². The van der Waals surface area contributed by atoms with E-state index < -0.39 is 0 Å². The van der Waals surface area contributed by atoms with Gasteiger partial charge in [-0.15, -0.1) is 0 Å². The third-order valence-corrected chi connectivity index (χ3v) is 2.18. The number of rotatable bonds is 4. The molecule has 1 unspecified atom stereocenters. The average Bonchev–Trinajstić information content (AvgIpc) is 2.46. The first-order chi connectivity index (χ1) is 6.13. The molecule has 0 bridgehead atoms. The van der Waals surface area contributed by atoms with E-state index in [1.165, 1.54) is 5.56 Å². The summed E-state index contributed by atoms with van der Waals surface area (Å²) in [5.41, 5.74) is 1.19. The zero-order chi connectivity index (χ0) is 9.84. The molecule has 0 aliphatic heterocycles. The van der Waals surface area contributed by atoms with Gasteiger partial charge in [0.2, 0.25) is 0 Å². The Bertz CT molecular complexity index is 255. The van der Waals surface area contributed by atoms with Crippen LogP contribution in [0.1, 0.15) is 19.4 Å². The van der Waals surface area contributed by atoms with Crippen LogP contribution in [0.15, 0.2) is 12.4 Å². The van der Waals surface area contributed by atoms with Crippen LogP contribution >= 0.6 is 0 Å². The van der Waals surface area contributed by atoms with Gasteiger partial charge in [-0.2, -0.15) is 5.10 Å². The molecule has 0 amide bonds. The first kappa shape index (κ1) is 10.3. The van der Waals surface area contributed by atoms with E-state index in [1.807, 2.05) is 24.0 Å². The van der Waals surface area contributed by atoms with Crippen LogP contribution in [0.5, 0.6) is 0 Å². The quantitative estimate of drug-likeness (QED) is 0.710. The third-order valence-electron chi connectivity index (χ3n) is 2.18. The second-order valence-corrected chi connectivity index (χ2v) is 3.76. The summed E-state index contributed by atoms with van der Waals surface area (Å²) < 4.78 is 7.30. The predicted molar refractivity (Wildman–Crippen MR) is 52.6 cm³/mol. The van der Waals surface area contributed by atoms with Crippen molar-refractivity contribution in [3.05, 3.63) is 18.0 Å². The minimum Gasteiger partial charge on any atom is -0.379 e. The van der Waals surface area contributed by atoms with Crippen molar-refractivity contribution in [3.63, 3.8) is 0 Å². The Morgan fingerprint density at radius 2 is 2.23 bits per heavy atom. The molecule has 1 atom stereocenters. The monoisotopic (exact) mass is 182 g/mol. The van der Waals surface area contributed by atoms with Crippen LogP contribution in [-0.4, -0.2) is 23.0 Å². The van der Waals surface area contributed by atoms with Gasteiger partial charge in [-0.25, -0.2) is 0 Å². The highest BCUT2D eigenvalue weighted by molar-refractivity contribution is 4.99. The molecule has 1 aromatic rings. The molecule has 74 valence electrons. The molecule has 0 aliphatic rings. The highest BCUT2D eigenvalue weighted by Gasteiger charge is 2.12. The Morgan fingerprint density at radius 1 is 1.54 bits per heavy atom. The van der Waals surface area contributed by atoms with Crippen LogP contribution in [0.3, 0.4) is 0 Å². The Morgan fingerprint density at radius 3 is 2.62 bits per heavy atom. The lowest BCUT2D eigenvalue weighted by atomic mass is 10.1. The number of hydrogen-bond acceptors (Lipinski definition) is 2. The first-order valence-corrected chi connectivity index (χ1v) is 4.65. The Balaban J connectivity index is 2.56. The summed E-state index contributed by atoms with van der Waals surface area (Å²) in [6.45, 7) is 7.19. The zero-order valence-electron chi connectivity index (χ0n) is 8.82. The number of ether oxygens (including phenoxy) is 1. The highest BCUT2D eigenvalue weighted by atomic mass is 16.5. The SMILES string of the molecule is COC(Cn1cc(C)cn1)C(C)C. The second-order valence-electron chi connectivity index (χ2n) is 3.76. The molecule has 0 radical (unpaired) electrons. The van der Waals surface area contributed by atoms with Crippen molar-refractivity contribution in [2.75, 3.05) is 7.11 Å².